The number of rotatable bonds is 3. The van der Waals surface area contributed by atoms with Crippen LogP contribution in [0.15, 0.2) is 0 Å². The summed E-state index contributed by atoms with van der Waals surface area (Å²) in [6.45, 7) is 7.62. The first kappa shape index (κ1) is 17.4. The number of ether oxygens (including phenoxy) is 4. The van der Waals surface area contributed by atoms with Crippen LogP contribution in [0.4, 0.5) is 0 Å². The van der Waals surface area contributed by atoms with Gasteiger partial charge in [0.2, 0.25) is 0 Å². The van der Waals surface area contributed by atoms with Crippen molar-refractivity contribution < 1.29 is 28.5 Å². The van der Waals surface area contributed by atoms with E-state index in [-0.39, 0.29) is 30.4 Å². The Labute approximate surface area is 131 Å². The second-order valence-corrected chi connectivity index (χ2v) is 7.03. The van der Waals surface area contributed by atoms with Gasteiger partial charge >= 0.3 is 5.97 Å². The fraction of sp³-hybridized carbons (Fsp3) is 0.875. The van der Waals surface area contributed by atoms with E-state index < -0.39 is 17.3 Å². The highest BCUT2D eigenvalue weighted by Crippen LogP contribution is 2.35. The number of hydrogen-bond acceptors (Lipinski definition) is 6. The maximum Gasteiger partial charge on any atom is 0.313 e. The van der Waals surface area contributed by atoms with Crippen molar-refractivity contribution in [2.24, 2.45) is 5.41 Å². The standard InChI is InChI=1S/C16H26O6/c1-15(2,14(18)19-5)13-7-6-10(17)8-11(21-13)12-9-20-16(3,4)22-12/h11-13H,6-9H2,1-5H3/t11-,12+,13-/m0/s1. The van der Waals surface area contributed by atoms with Gasteiger partial charge in [-0.1, -0.05) is 0 Å². The molecule has 2 saturated heterocycles. The lowest BCUT2D eigenvalue weighted by atomic mass is 9.84. The molecule has 2 fully saturated rings. The van der Waals surface area contributed by atoms with Crippen molar-refractivity contribution in [1.82, 2.24) is 0 Å². The van der Waals surface area contributed by atoms with Crippen molar-refractivity contribution in [3.63, 3.8) is 0 Å². The molecule has 0 radical (unpaired) electrons. The molecule has 0 aromatic heterocycles. The fourth-order valence-electron chi connectivity index (χ4n) is 2.99. The minimum absolute atomic E-state index is 0.126. The van der Waals surface area contributed by atoms with Crippen LogP contribution in [0.3, 0.4) is 0 Å². The fourth-order valence-corrected chi connectivity index (χ4v) is 2.99. The van der Waals surface area contributed by atoms with Crippen LogP contribution in [0.25, 0.3) is 0 Å². The lowest BCUT2D eigenvalue weighted by molar-refractivity contribution is -0.181. The number of Topliss-reactive ketones (excluding diaryl/α,β-unsaturated/α-hetero) is 1. The first-order chi connectivity index (χ1) is 10.2. The number of carbonyl (C=O) groups excluding carboxylic acids is 2. The Morgan fingerprint density at radius 2 is 2.00 bits per heavy atom. The largest absolute Gasteiger partial charge is 0.469 e. The zero-order valence-corrected chi connectivity index (χ0v) is 14.0. The second-order valence-electron chi connectivity index (χ2n) is 7.03. The van der Waals surface area contributed by atoms with E-state index in [2.05, 4.69) is 0 Å². The van der Waals surface area contributed by atoms with Crippen LogP contribution >= 0.6 is 0 Å². The third-order valence-corrected chi connectivity index (χ3v) is 4.41. The normalized spacial score (nSPS) is 32.6. The molecule has 0 aromatic carbocycles. The van der Waals surface area contributed by atoms with Gasteiger partial charge in [0.05, 0.1) is 31.3 Å². The van der Waals surface area contributed by atoms with E-state index in [0.717, 1.165) is 0 Å². The van der Waals surface area contributed by atoms with Gasteiger partial charge in [-0.25, -0.2) is 0 Å². The molecule has 0 bridgehead atoms. The van der Waals surface area contributed by atoms with Crippen LogP contribution in [-0.2, 0) is 28.5 Å². The highest BCUT2D eigenvalue weighted by Gasteiger charge is 2.46. The molecule has 6 nitrogen and oxygen atoms in total. The van der Waals surface area contributed by atoms with Crippen molar-refractivity contribution in [2.75, 3.05) is 13.7 Å². The number of methoxy groups -OCH3 is 1. The van der Waals surface area contributed by atoms with E-state index in [9.17, 15) is 9.59 Å². The summed E-state index contributed by atoms with van der Waals surface area (Å²) in [6, 6.07) is 0. The SMILES string of the molecule is COC(=O)C(C)(C)[C@@H]1CCC(=O)C[C@@H]([C@H]2COC(C)(C)O2)O1. The molecule has 0 aliphatic carbocycles. The zero-order valence-electron chi connectivity index (χ0n) is 14.0. The number of hydrogen-bond donors (Lipinski definition) is 0. The molecular formula is C16H26O6. The molecule has 6 heteroatoms. The molecule has 3 atom stereocenters. The predicted molar refractivity (Wildman–Crippen MR) is 78.2 cm³/mol. The molecule has 0 aromatic rings. The van der Waals surface area contributed by atoms with Gasteiger partial charge in [0, 0.05) is 12.8 Å². The van der Waals surface area contributed by atoms with Gasteiger partial charge in [-0.05, 0) is 34.1 Å². The van der Waals surface area contributed by atoms with Gasteiger partial charge in [-0.2, -0.15) is 0 Å². The zero-order chi connectivity index (χ0) is 16.5. The Bertz CT molecular complexity index is 442. The van der Waals surface area contributed by atoms with Crippen molar-refractivity contribution >= 4 is 11.8 Å². The summed E-state index contributed by atoms with van der Waals surface area (Å²) in [7, 11) is 1.36. The molecule has 0 saturated carbocycles. The van der Waals surface area contributed by atoms with Gasteiger partial charge in [0.15, 0.2) is 5.79 Å². The third-order valence-electron chi connectivity index (χ3n) is 4.41. The molecule has 2 heterocycles. The van der Waals surface area contributed by atoms with E-state index >= 15 is 0 Å². The second kappa shape index (κ2) is 6.26. The maximum atomic E-state index is 12.0. The average molecular weight is 314 g/mol. The molecule has 0 N–H and O–H groups in total. The molecule has 0 unspecified atom stereocenters. The molecule has 2 rings (SSSR count). The number of esters is 1. The van der Waals surface area contributed by atoms with Crippen molar-refractivity contribution in [1.29, 1.82) is 0 Å². The quantitative estimate of drug-likeness (QED) is 0.740. The molecule has 126 valence electrons. The summed E-state index contributed by atoms with van der Waals surface area (Å²) in [4.78, 5) is 24.0. The first-order valence-electron chi connectivity index (χ1n) is 7.73. The minimum atomic E-state index is -0.813. The minimum Gasteiger partial charge on any atom is -0.469 e. The van der Waals surface area contributed by atoms with Crippen LogP contribution in [0.1, 0.15) is 47.0 Å². The van der Waals surface area contributed by atoms with E-state index in [0.29, 0.717) is 19.4 Å². The van der Waals surface area contributed by atoms with E-state index in [4.69, 9.17) is 18.9 Å². The van der Waals surface area contributed by atoms with E-state index in [1.807, 2.05) is 13.8 Å². The smallest absolute Gasteiger partial charge is 0.313 e. The highest BCUT2D eigenvalue weighted by molar-refractivity contribution is 5.80. The Kier molecular flexibility index (Phi) is 4.94. The van der Waals surface area contributed by atoms with Crippen molar-refractivity contribution in [2.45, 2.75) is 71.1 Å². The predicted octanol–water partition coefficient (Wildman–Crippen LogP) is 1.84. The summed E-state index contributed by atoms with van der Waals surface area (Å²) in [5.74, 6) is -0.882. The Hall–Kier alpha value is -0.980. The Morgan fingerprint density at radius 1 is 1.32 bits per heavy atom. The van der Waals surface area contributed by atoms with Gasteiger partial charge in [-0.15, -0.1) is 0 Å². The van der Waals surface area contributed by atoms with Crippen LogP contribution in [0.2, 0.25) is 0 Å². The molecule has 0 amide bonds. The van der Waals surface area contributed by atoms with E-state index in [1.54, 1.807) is 13.8 Å². The molecule has 2 aliphatic heterocycles. The van der Waals surface area contributed by atoms with Gasteiger partial charge in [-0.3, -0.25) is 9.59 Å². The summed E-state index contributed by atoms with van der Waals surface area (Å²) in [5.41, 5.74) is -0.813. The van der Waals surface area contributed by atoms with Crippen LogP contribution < -0.4 is 0 Å². The molecular weight excluding hydrogens is 288 g/mol. The average Bonchev–Trinajstić information content (AvgIpc) is 2.68. The number of carbonyl (C=O) groups is 2. The van der Waals surface area contributed by atoms with Crippen LogP contribution in [0.5, 0.6) is 0 Å². The van der Waals surface area contributed by atoms with Gasteiger partial charge < -0.3 is 18.9 Å². The summed E-state index contributed by atoms with van der Waals surface area (Å²) < 4.78 is 22.4. The van der Waals surface area contributed by atoms with Crippen LogP contribution in [-0.4, -0.2) is 49.6 Å². The Balaban J connectivity index is 2.14. The monoisotopic (exact) mass is 314 g/mol. The topological polar surface area (TPSA) is 71.1 Å². The summed E-state index contributed by atoms with van der Waals surface area (Å²) >= 11 is 0. The van der Waals surface area contributed by atoms with Gasteiger partial charge in [0.25, 0.3) is 0 Å². The Morgan fingerprint density at radius 3 is 2.55 bits per heavy atom. The maximum absolute atomic E-state index is 12.0. The summed E-state index contributed by atoms with van der Waals surface area (Å²) in [5, 5.41) is 0. The lowest BCUT2D eigenvalue weighted by Crippen LogP contribution is -2.44. The molecule has 0 spiro atoms. The highest BCUT2D eigenvalue weighted by atomic mass is 16.7. The van der Waals surface area contributed by atoms with Crippen molar-refractivity contribution in [3.8, 4) is 0 Å². The van der Waals surface area contributed by atoms with Crippen LogP contribution in [0, 0.1) is 5.41 Å². The summed E-state index contributed by atoms with van der Waals surface area (Å²) in [6.07, 6.45) is 0.118. The molecule has 2 aliphatic rings. The van der Waals surface area contributed by atoms with Gasteiger partial charge in [0.1, 0.15) is 11.9 Å². The van der Waals surface area contributed by atoms with E-state index in [1.165, 1.54) is 7.11 Å². The molecule has 22 heavy (non-hydrogen) atoms. The number of ketones is 1. The lowest BCUT2D eigenvalue weighted by Gasteiger charge is -2.34. The third kappa shape index (κ3) is 3.67. The van der Waals surface area contributed by atoms with Crippen molar-refractivity contribution in [3.05, 3.63) is 0 Å². The first-order valence-corrected chi connectivity index (χ1v) is 7.73.